The van der Waals surface area contributed by atoms with Gasteiger partial charge in [-0.3, -0.25) is 0 Å². The van der Waals surface area contributed by atoms with Gasteiger partial charge in [0.15, 0.2) is 17.0 Å². The Hall–Kier alpha value is -1.97. The third kappa shape index (κ3) is 8.04. The summed E-state index contributed by atoms with van der Waals surface area (Å²) in [4.78, 5) is 14.8. The number of fused-ring (bicyclic) bond motifs is 1. The van der Waals surface area contributed by atoms with Crippen molar-refractivity contribution in [1.29, 1.82) is 0 Å². The average Bonchev–Trinajstić information content (AvgIpc) is 3.63. The minimum atomic E-state index is 0.334. The number of unbranched alkanes of at least 4 members (excludes halogenated alkanes) is 3. The highest BCUT2D eigenvalue weighted by atomic mass is 16.5. The minimum absolute atomic E-state index is 0.334. The molecule has 2 saturated carbocycles. The summed E-state index contributed by atoms with van der Waals surface area (Å²) in [6.07, 6.45) is 21.4. The van der Waals surface area contributed by atoms with E-state index in [1.807, 2.05) is 6.33 Å². The summed E-state index contributed by atoms with van der Waals surface area (Å²) in [7, 11) is 0. The van der Waals surface area contributed by atoms with Crippen molar-refractivity contribution in [2.75, 3.05) is 37.0 Å². The number of hydrogen-bond acceptors (Lipinski definition) is 8. The Morgan fingerprint density at radius 2 is 1.69 bits per heavy atom. The molecule has 0 radical (unpaired) electrons. The summed E-state index contributed by atoms with van der Waals surface area (Å²) in [6, 6.07) is 1.22. The van der Waals surface area contributed by atoms with Crippen molar-refractivity contribution >= 4 is 22.9 Å². The Kier molecular flexibility index (Phi) is 10.7. The average molecular weight is 541 g/mol. The molecule has 9 heteroatoms. The fraction of sp³-hybridized carbons (Fsp3) is 0.833. The number of nitrogens with two attached hydrogens (primary N) is 1. The lowest BCUT2D eigenvalue weighted by Crippen LogP contribution is -2.38. The fourth-order valence-electron chi connectivity index (χ4n) is 6.68. The van der Waals surface area contributed by atoms with Crippen molar-refractivity contribution in [3.05, 3.63) is 6.33 Å². The maximum atomic E-state index is 6.15. The zero-order valence-corrected chi connectivity index (χ0v) is 24.3. The predicted octanol–water partition coefficient (Wildman–Crippen LogP) is 6.04. The van der Waals surface area contributed by atoms with Crippen molar-refractivity contribution in [2.24, 2.45) is 11.7 Å². The Labute approximate surface area is 235 Å². The van der Waals surface area contributed by atoms with E-state index in [0.29, 0.717) is 18.1 Å². The van der Waals surface area contributed by atoms with Crippen LogP contribution in [-0.4, -0.2) is 62.9 Å². The van der Waals surface area contributed by atoms with Crippen molar-refractivity contribution in [1.82, 2.24) is 24.5 Å². The van der Waals surface area contributed by atoms with E-state index < -0.39 is 0 Å². The molecule has 0 bridgehead atoms. The molecule has 3 fully saturated rings. The Balaban J connectivity index is 1.16. The molecular weight excluding hydrogens is 488 g/mol. The summed E-state index contributed by atoms with van der Waals surface area (Å²) in [6.45, 7) is 6.10. The van der Waals surface area contributed by atoms with Crippen LogP contribution in [0.25, 0.3) is 11.2 Å². The molecule has 218 valence electrons. The van der Waals surface area contributed by atoms with Crippen LogP contribution >= 0.6 is 0 Å². The van der Waals surface area contributed by atoms with Crippen LogP contribution in [0.2, 0.25) is 0 Å². The van der Waals surface area contributed by atoms with Gasteiger partial charge in [0.25, 0.3) is 0 Å². The highest BCUT2D eigenvalue weighted by molar-refractivity contribution is 5.84. The van der Waals surface area contributed by atoms with Crippen LogP contribution in [0.5, 0.6) is 0 Å². The number of anilines is 2. The van der Waals surface area contributed by atoms with Crippen LogP contribution in [0.4, 0.5) is 11.8 Å². The van der Waals surface area contributed by atoms with E-state index in [-0.39, 0.29) is 0 Å². The van der Waals surface area contributed by atoms with Gasteiger partial charge in [-0.1, -0.05) is 45.4 Å². The van der Waals surface area contributed by atoms with Crippen molar-refractivity contribution in [2.45, 2.75) is 128 Å². The normalized spacial score (nSPS) is 23.5. The van der Waals surface area contributed by atoms with Gasteiger partial charge in [-0.2, -0.15) is 9.97 Å². The Bertz CT molecular complexity index is 990. The lowest BCUT2D eigenvalue weighted by molar-refractivity contribution is 0.130. The van der Waals surface area contributed by atoms with Gasteiger partial charge >= 0.3 is 0 Å². The molecule has 0 unspecified atom stereocenters. The maximum absolute atomic E-state index is 6.15. The first-order chi connectivity index (χ1) is 19.2. The first-order valence-electron chi connectivity index (χ1n) is 16.1. The van der Waals surface area contributed by atoms with E-state index in [4.69, 9.17) is 25.4 Å². The number of hydrogen-bond donors (Lipinski definition) is 3. The van der Waals surface area contributed by atoms with Gasteiger partial charge in [-0.25, -0.2) is 9.99 Å². The Morgan fingerprint density at radius 1 is 0.923 bits per heavy atom. The van der Waals surface area contributed by atoms with E-state index in [1.165, 1.54) is 70.6 Å². The molecule has 0 aromatic carbocycles. The summed E-state index contributed by atoms with van der Waals surface area (Å²) in [5.41, 5.74) is 11.7. The van der Waals surface area contributed by atoms with E-state index in [1.54, 1.807) is 0 Å². The summed E-state index contributed by atoms with van der Waals surface area (Å²) < 4.78 is 7.91. The van der Waals surface area contributed by atoms with Crippen LogP contribution in [0.3, 0.4) is 0 Å². The largest absolute Gasteiger partial charge is 0.381 e. The van der Waals surface area contributed by atoms with Gasteiger partial charge in [-0.15, -0.1) is 0 Å². The highest BCUT2D eigenvalue weighted by Crippen LogP contribution is 2.34. The molecule has 0 atom stereocenters. The lowest BCUT2D eigenvalue weighted by Gasteiger charge is -2.32. The first-order valence-corrected chi connectivity index (χ1v) is 16.1. The molecule has 3 aliphatic rings. The van der Waals surface area contributed by atoms with E-state index in [0.717, 1.165) is 87.3 Å². The van der Waals surface area contributed by atoms with Gasteiger partial charge in [0, 0.05) is 44.4 Å². The van der Waals surface area contributed by atoms with Crippen molar-refractivity contribution in [3.63, 3.8) is 0 Å². The number of ether oxygens (including phenoxy) is 1. The van der Waals surface area contributed by atoms with Crippen LogP contribution in [0.1, 0.15) is 116 Å². The highest BCUT2D eigenvalue weighted by Gasteiger charge is 2.25. The smallest absolute Gasteiger partial charge is 0.227 e. The third-order valence-electron chi connectivity index (χ3n) is 9.12. The van der Waals surface area contributed by atoms with Gasteiger partial charge in [-0.05, 0) is 70.1 Å². The second-order valence-electron chi connectivity index (χ2n) is 12.3. The molecule has 5 rings (SSSR count). The standard InChI is InChI=1S/C30H52N8O/c1-2-20-39-21-8-4-3-5-9-23-16-18-37(19-17-23)36-28-27-29(38(22-32-27)26-10-6-7-11-26)35-30(34-28)33-25-14-12-24(31)13-15-25/h22-26H,2-21,31H2,1H3,(H2,33,34,35,36)/t24-,25-. The molecule has 2 aliphatic carbocycles. The molecule has 0 amide bonds. The van der Waals surface area contributed by atoms with E-state index >= 15 is 0 Å². The van der Waals surface area contributed by atoms with Crippen molar-refractivity contribution < 1.29 is 4.74 Å². The van der Waals surface area contributed by atoms with E-state index in [9.17, 15) is 0 Å². The van der Waals surface area contributed by atoms with E-state index in [2.05, 4.69) is 27.2 Å². The first kappa shape index (κ1) is 28.6. The SMILES string of the molecule is CCCOCCCCCCC1CCN(Nc2nc(N[C@H]3CC[C@H](N)CC3)nc3c2ncn3C2CCCC2)CC1. The number of imidazole rings is 1. The minimum Gasteiger partial charge on any atom is -0.381 e. The quantitative estimate of drug-likeness (QED) is 0.249. The number of aromatic nitrogens is 4. The van der Waals surface area contributed by atoms with Gasteiger partial charge in [0.1, 0.15) is 0 Å². The molecule has 3 heterocycles. The molecule has 39 heavy (non-hydrogen) atoms. The molecule has 1 aliphatic heterocycles. The topological polar surface area (TPSA) is 106 Å². The molecule has 4 N–H and O–H groups in total. The Morgan fingerprint density at radius 3 is 2.46 bits per heavy atom. The molecule has 1 saturated heterocycles. The summed E-state index contributed by atoms with van der Waals surface area (Å²) >= 11 is 0. The third-order valence-corrected chi connectivity index (χ3v) is 9.12. The molecule has 9 nitrogen and oxygen atoms in total. The summed E-state index contributed by atoms with van der Waals surface area (Å²) in [5, 5.41) is 6.00. The number of nitrogens with one attached hydrogen (secondary N) is 2. The number of rotatable bonds is 14. The van der Waals surface area contributed by atoms with Gasteiger partial charge in [0.2, 0.25) is 5.95 Å². The molecule has 0 spiro atoms. The summed E-state index contributed by atoms with van der Waals surface area (Å²) in [5.74, 6) is 2.40. The van der Waals surface area contributed by atoms with Crippen LogP contribution in [0, 0.1) is 5.92 Å². The zero-order chi connectivity index (χ0) is 26.9. The van der Waals surface area contributed by atoms with Crippen molar-refractivity contribution in [3.8, 4) is 0 Å². The zero-order valence-electron chi connectivity index (χ0n) is 24.3. The molecule has 2 aromatic heterocycles. The number of piperidine rings is 1. The van der Waals surface area contributed by atoms with Crippen LogP contribution in [-0.2, 0) is 4.74 Å². The number of hydrazine groups is 1. The second-order valence-corrected chi connectivity index (χ2v) is 12.3. The molecular formula is C30H52N8O. The predicted molar refractivity (Wildman–Crippen MR) is 159 cm³/mol. The second kappa shape index (κ2) is 14.6. The maximum Gasteiger partial charge on any atom is 0.227 e. The number of nitrogens with zero attached hydrogens (tertiary/aromatic N) is 5. The fourth-order valence-corrected chi connectivity index (χ4v) is 6.68. The molecule has 2 aromatic rings. The van der Waals surface area contributed by atoms with Crippen LogP contribution in [0.15, 0.2) is 6.33 Å². The lowest BCUT2D eigenvalue weighted by atomic mass is 9.92. The van der Waals surface area contributed by atoms with Gasteiger partial charge in [0.05, 0.1) is 6.33 Å². The van der Waals surface area contributed by atoms with Gasteiger partial charge < -0.3 is 25.8 Å². The van der Waals surface area contributed by atoms with Crippen LogP contribution < -0.4 is 16.5 Å². The monoisotopic (exact) mass is 540 g/mol.